The normalized spacial score (nSPS) is 19.5. The van der Waals surface area contributed by atoms with Crippen LogP contribution in [0.5, 0.6) is 0 Å². The lowest BCUT2D eigenvalue weighted by atomic mass is 10.2. The van der Waals surface area contributed by atoms with Gasteiger partial charge < -0.3 is 10.2 Å². The van der Waals surface area contributed by atoms with Crippen LogP contribution in [0.1, 0.15) is 18.9 Å². The number of carbonyl (C=O) groups excluding carboxylic acids is 2. The van der Waals surface area contributed by atoms with E-state index in [1.54, 1.807) is 29.2 Å². The maximum atomic E-state index is 12.2. The second-order valence-corrected chi connectivity index (χ2v) is 5.82. The number of nitrogens with zero attached hydrogens (tertiary/aromatic N) is 1. The Morgan fingerprint density at radius 1 is 1.38 bits per heavy atom. The summed E-state index contributed by atoms with van der Waals surface area (Å²) in [4.78, 5) is 25.2. The summed E-state index contributed by atoms with van der Waals surface area (Å²) in [6, 6.07) is 5.13. The predicted molar refractivity (Wildman–Crippen MR) is 84.3 cm³/mol. The van der Waals surface area contributed by atoms with Gasteiger partial charge in [-0.1, -0.05) is 29.3 Å². The van der Waals surface area contributed by atoms with Gasteiger partial charge in [-0.2, -0.15) is 0 Å². The zero-order chi connectivity index (χ0) is 15.4. The lowest BCUT2D eigenvalue weighted by Gasteiger charge is -2.20. The van der Waals surface area contributed by atoms with Crippen LogP contribution >= 0.6 is 23.2 Å². The van der Waals surface area contributed by atoms with Gasteiger partial charge >= 0.3 is 0 Å². The number of halogens is 2. The molecule has 0 bridgehead atoms. The molecule has 1 aromatic carbocycles. The topological polar surface area (TPSA) is 49.4 Å². The molecule has 1 saturated heterocycles. The molecule has 0 radical (unpaired) electrons. The molecule has 4 nitrogen and oxygen atoms in total. The molecule has 112 valence electrons. The molecule has 1 aromatic rings. The first-order chi connectivity index (χ1) is 9.95. The van der Waals surface area contributed by atoms with E-state index >= 15 is 0 Å². The summed E-state index contributed by atoms with van der Waals surface area (Å²) in [6.45, 7) is 2.82. The molecule has 1 fully saturated rings. The van der Waals surface area contributed by atoms with Gasteiger partial charge in [-0.05, 0) is 30.7 Å². The van der Waals surface area contributed by atoms with E-state index in [1.807, 2.05) is 6.92 Å². The molecule has 0 saturated carbocycles. The average molecular weight is 327 g/mol. The van der Waals surface area contributed by atoms with Crippen LogP contribution in [-0.4, -0.2) is 35.8 Å². The number of nitrogens with one attached hydrogen (secondary N) is 1. The van der Waals surface area contributed by atoms with Crippen molar-refractivity contribution in [3.05, 3.63) is 39.9 Å². The van der Waals surface area contributed by atoms with Crippen LogP contribution in [0.4, 0.5) is 0 Å². The molecular formula is C15H16Cl2N2O2. The highest BCUT2D eigenvalue weighted by molar-refractivity contribution is 6.42. The summed E-state index contributed by atoms with van der Waals surface area (Å²) in [5, 5.41) is 3.75. The predicted octanol–water partition coefficient (Wildman–Crippen LogP) is 2.74. The molecule has 1 aliphatic heterocycles. The fourth-order valence-corrected chi connectivity index (χ4v) is 2.45. The number of amides is 2. The zero-order valence-electron chi connectivity index (χ0n) is 11.6. The third kappa shape index (κ3) is 4.48. The van der Waals surface area contributed by atoms with E-state index in [2.05, 4.69) is 5.32 Å². The van der Waals surface area contributed by atoms with E-state index in [0.29, 0.717) is 29.6 Å². The second-order valence-electron chi connectivity index (χ2n) is 5.01. The molecule has 1 N–H and O–H groups in total. The molecule has 21 heavy (non-hydrogen) atoms. The van der Waals surface area contributed by atoms with Crippen LogP contribution in [-0.2, 0) is 9.59 Å². The molecule has 6 heteroatoms. The lowest BCUT2D eigenvalue weighted by molar-refractivity contribution is -0.126. The Kier molecular flexibility index (Phi) is 5.26. The molecule has 0 aliphatic carbocycles. The fourth-order valence-electron chi connectivity index (χ4n) is 2.14. The molecule has 2 rings (SSSR count). The van der Waals surface area contributed by atoms with Gasteiger partial charge in [0.15, 0.2) is 0 Å². The van der Waals surface area contributed by atoms with Gasteiger partial charge in [0.2, 0.25) is 11.8 Å². The molecular weight excluding hydrogens is 311 g/mol. The van der Waals surface area contributed by atoms with Crippen LogP contribution in [0.25, 0.3) is 6.08 Å². The fraction of sp³-hybridized carbons (Fsp3) is 0.333. The number of hydrogen-bond acceptors (Lipinski definition) is 2. The van der Waals surface area contributed by atoms with Crippen LogP contribution < -0.4 is 5.32 Å². The van der Waals surface area contributed by atoms with Gasteiger partial charge in [-0.15, -0.1) is 0 Å². The van der Waals surface area contributed by atoms with Crippen molar-refractivity contribution >= 4 is 41.1 Å². The van der Waals surface area contributed by atoms with Gasteiger partial charge in [-0.3, -0.25) is 9.59 Å². The number of benzene rings is 1. The minimum absolute atomic E-state index is 0.0220. The van der Waals surface area contributed by atoms with Crippen molar-refractivity contribution in [1.82, 2.24) is 10.2 Å². The van der Waals surface area contributed by atoms with E-state index in [1.165, 1.54) is 6.08 Å². The first-order valence-electron chi connectivity index (χ1n) is 6.67. The van der Waals surface area contributed by atoms with Gasteiger partial charge in [-0.25, -0.2) is 0 Å². The summed E-state index contributed by atoms with van der Waals surface area (Å²) in [7, 11) is 0. The van der Waals surface area contributed by atoms with E-state index in [9.17, 15) is 9.59 Å². The van der Waals surface area contributed by atoms with Crippen LogP contribution in [0.2, 0.25) is 10.0 Å². The summed E-state index contributed by atoms with van der Waals surface area (Å²) < 4.78 is 0. The molecule has 2 amide bonds. The van der Waals surface area contributed by atoms with Gasteiger partial charge in [0.05, 0.1) is 10.0 Å². The lowest BCUT2D eigenvalue weighted by Crippen LogP contribution is -2.38. The first-order valence-corrected chi connectivity index (χ1v) is 7.42. The van der Waals surface area contributed by atoms with E-state index in [4.69, 9.17) is 23.2 Å². The van der Waals surface area contributed by atoms with Crippen molar-refractivity contribution < 1.29 is 9.59 Å². The Morgan fingerprint density at radius 3 is 2.86 bits per heavy atom. The molecule has 1 atom stereocenters. The van der Waals surface area contributed by atoms with Crippen LogP contribution in [0.3, 0.4) is 0 Å². The maximum absolute atomic E-state index is 12.2. The van der Waals surface area contributed by atoms with Crippen LogP contribution in [0.15, 0.2) is 24.3 Å². The Balaban J connectivity index is 2.04. The Labute approximate surface area is 133 Å². The molecule has 1 aliphatic rings. The molecule has 1 unspecified atom stereocenters. The third-order valence-corrected chi connectivity index (χ3v) is 3.92. The monoisotopic (exact) mass is 326 g/mol. The maximum Gasteiger partial charge on any atom is 0.246 e. The Morgan fingerprint density at radius 2 is 2.14 bits per heavy atom. The van der Waals surface area contributed by atoms with Gasteiger partial charge in [0.25, 0.3) is 0 Å². The van der Waals surface area contributed by atoms with E-state index in [0.717, 1.165) is 5.56 Å². The van der Waals surface area contributed by atoms with Crippen molar-refractivity contribution in [2.75, 3.05) is 13.1 Å². The summed E-state index contributed by atoms with van der Waals surface area (Å²) >= 11 is 11.8. The summed E-state index contributed by atoms with van der Waals surface area (Å²) in [5.41, 5.74) is 0.801. The highest BCUT2D eigenvalue weighted by atomic mass is 35.5. The number of hydrogen-bond donors (Lipinski definition) is 1. The zero-order valence-corrected chi connectivity index (χ0v) is 13.1. The van der Waals surface area contributed by atoms with Crippen LogP contribution in [0, 0.1) is 0 Å². The number of carbonyl (C=O) groups is 2. The highest BCUT2D eigenvalue weighted by Crippen LogP contribution is 2.23. The Hall–Kier alpha value is -1.52. The summed E-state index contributed by atoms with van der Waals surface area (Å²) in [5.74, 6) is -0.143. The van der Waals surface area contributed by atoms with E-state index in [-0.39, 0.29) is 17.9 Å². The van der Waals surface area contributed by atoms with Crippen molar-refractivity contribution in [1.29, 1.82) is 0 Å². The first kappa shape index (κ1) is 15.9. The summed E-state index contributed by atoms with van der Waals surface area (Å²) in [6.07, 6.45) is 3.51. The minimum atomic E-state index is -0.121. The van der Waals surface area contributed by atoms with Crippen molar-refractivity contribution in [3.63, 3.8) is 0 Å². The van der Waals surface area contributed by atoms with Gasteiger partial charge in [0, 0.05) is 31.6 Å². The highest BCUT2D eigenvalue weighted by Gasteiger charge is 2.20. The van der Waals surface area contributed by atoms with Crippen molar-refractivity contribution in [2.24, 2.45) is 0 Å². The largest absolute Gasteiger partial charge is 0.352 e. The average Bonchev–Trinajstić information content (AvgIpc) is 2.60. The minimum Gasteiger partial charge on any atom is -0.352 e. The quantitative estimate of drug-likeness (QED) is 0.849. The SMILES string of the molecule is CC1CN(C(=O)C=Cc2ccc(Cl)c(Cl)c2)CCC(=O)N1. The van der Waals surface area contributed by atoms with E-state index < -0.39 is 0 Å². The molecule has 0 spiro atoms. The second kappa shape index (κ2) is 6.96. The Bertz CT molecular complexity index is 587. The molecule has 0 aromatic heterocycles. The standard InChI is InChI=1S/C15H16Cl2N2O2/c1-10-9-19(7-6-14(20)18-10)15(21)5-3-11-2-4-12(16)13(17)8-11/h2-5,8,10H,6-7,9H2,1H3,(H,18,20). The molecule has 1 heterocycles. The van der Waals surface area contributed by atoms with Crippen molar-refractivity contribution in [3.8, 4) is 0 Å². The van der Waals surface area contributed by atoms with Gasteiger partial charge in [0.1, 0.15) is 0 Å². The number of rotatable bonds is 2. The smallest absolute Gasteiger partial charge is 0.246 e. The van der Waals surface area contributed by atoms with Crippen molar-refractivity contribution in [2.45, 2.75) is 19.4 Å². The third-order valence-electron chi connectivity index (χ3n) is 3.18.